The molecule has 0 spiro atoms. The second-order valence-corrected chi connectivity index (χ2v) is 4.61. The van der Waals surface area contributed by atoms with Crippen molar-refractivity contribution < 1.29 is 9.18 Å². The minimum Gasteiger partial charge on any atom is -0.355 e. The minimum atomic E-state index is -0.224. The summed E-state index contributed by atoms with van der Waals surface area (Å²) in [5.74, 6) is -0.181. The Labute approximate surface area is 138 Å². The molecule has 0 saturated heterocycles. The normalized spacial score (nSPS) is 9.71. The molecule has 7 heteroatoms. The molecule has 1 aromatic carbocycles. The quantitative estimate of drug-likeness (QED) is 0.761. The summed E-state index contributed by atoms with van der Waals surface area (Å²) in [5.41, 5.74) is 6.39. The molecule has 1 amide bonds. The van der Waals surface area contributed by atoms with Crippen LogP contribution in [0.25, 0.3) is 0 Å². The highest BCUT2D eigenvalue weighted by Crippen LogP contribution is 2.04. The lowest BCUT2D eigenvalue weighted by Crippen LogP contribution is -2.32. The van der Waals surface area contributed by atoms with E-state index in [1.165, 1.54) is 12.1 Å². The zero-order valence-corrected chi connectivity index (χ0v) is 13.8. The van der Waals surface area contributed by atoms with Crippen LogP contribution in [-0.4, -0.2) is 37.5 Å². The highest BCUT2D eigenvalue weighted by Gasteiger charge is 2.03. The van der Waals surface area contributed by atoms with Gasteiger partial charge in [-0.2, -0.15) is 0 Å². The largest absolute Gasteiger partial charge is 0.355 e. The summed E-state index contributed by atoms with van der Waals surface area (Å²) < 4.78 is 12.7. The number of halogens is 3. The first kappa shape index (κ1) is 22.4. The molecule has 0 fully saturated rings. The Morgan fingerprint density at radius 2 is 1.90 bits per heavy atom. The fraction of sp³-hybridized carbons (Fsp3) is 0.500. The van der Waals surface area contributed by atoms with Crippen LogP contribution < -0.4 is 11.1 Å². The standard InChI is InChI=1S/C14H22FN3O.2ClH/c1-18(10-9-17-14(19)3-2-8-16)11-12-4-6-13(15)7-5-12;;/h4-7H,2-3,8-11,16H2,1H3,(H,17,19);2*1H. The fourth-order valence-electron chi connectivity index (χ4n) is 1.72. The Kier molecular flexibility index (Phi) is 13.7. The predicted octanol–water partition coefficient (Wildman–Crippen LogP) is 1.96. The molecule has 0 saturated carbocycles. The van der Waals surface area contributed by atoms with Crippen LogP contribution in [0, 0.1) is 5.82 Å². The van der Waals surface area contributed by atoms with Gasteiger partial charge in [0.15, 0.2) is 0 Å². The molecule has 0 aliphatic rings. The van der Waals surface area contributed by atoms with Gasteiger partial charge >= 0.3 is 0 Å². The lowest BCUT2D eigenvalue weighted by Gasteiger charge is -2.17. The summed E-state index contributed by atoms with van der Waals surface area (Å²) >= 11 is 0. The van der Waals surface area contributed by atoms with Gasteiger partial charge in [0, 0.05) is 26.1 Å². The molecular weight excluding hydrogens is 316 g/mol. The van der Waals surface area contributed by atoms with Gasteiger partial charge in [0.05, 0.1) is 0 Å². The van der Waals surface area contributed by atoms with E-state index in [0.717, 1.165) is 25.1 Å². The van der Waals surface area contributed by atoms with Gasteiger partial charge in [-0.1, -0.05) is 12.1 Å². The monoisotopic (exact) mass is 339 g/mol. The third-order valence-corrected chi connectivity index (χ3v) is 2.79. The number of rotatable bonds is 8. The second-order valence-electron chi connectivity index (χ2n) is 4.61. The van der Waals surface area contributed by atoms with E-state index in [4.69, 9.17) is 5.73 Å². The van der Waals surface area contributed by atoms with Crippen LogP contribution >= 0.6 is 24.8 Å². The average Bonchev–Trinajstić information content (AvgIpc) is 2.39. The Balaban J connectivity index is 0. The van der Waals surface area contributed by atoms with Crippen LogP contribution in [-0.2, 0) is 11.3 Å². The molecule has 0 heterocycles. The van der Waals surface area contributed by atoms with Crippen molar-refractivity contribution in [3.05, 3.63) is 35.6 Å². The van der Waals surface area contributed by atoms with E-state index in [1.807, 2.05) is 7.05 Å². The van der Waals surface area contributed by atoms with Crippen LogP contribution in [0.3, 0.4) is 0 Å². The maximum Gasteiger partial charge on any atom is 0.220 e. The molecule has 3 N–H and O–H groups in total. The number of carbonyl (C=O) groups is 1. The lowest BCUT2D eigenvalue weighted by molar-refractivity contribution is -0.121. The van der Waals surface area contributed by atoms with Crippen molar-refractivity contribution >= 4 is 30.7 Å². The fourth-order valence-corrected chi connectivity index (χ4v) is 1.72. The summed E-state index contributed by atoms with van der Waals surface area (Å²) in [6.07, 6.45) is 1.20. The van der Waals surface area contributed by atoms with E-state index in [1.54, 1.807) is 12.1 Å². The topological polar surface area (TPSA) is 58.4 Å². The summed E-state index contributed by atoms with van der Waals surface area (Å²) in [6, 6.07) is 6.45. The predicted molar refractivity (Wildman–Crippen MR) is 88.5 cm³/mol. The molecule has 0 atom stereocenters. The highest BCUT2D eigenvalue weighted by atomic mass is 35.5. The minimum absolute atomic E-state index is 0. The van der Waals surface area contributed by atoms with Crippen LogP contribution in [0.5, 0.6) is 0 Å². The number of hydrogen-bond acceptors (Lipinski definition) is 3. The lowest BCUT2D eigenvalue weighted by atomic mass is 10.2. The number of likely N-dealkylation sites (N-methyl/N-ethyl adjacent to an activating group) is 1. The zero-order chi connectivity index (χ0) is 14.1. The number of carbonyl (C=O) groups excluding carboxylic acids is 1. The maximum atomic E-state index is 12.7. The van der Waals surface area contributed by atoms with Gasteiger partial charge in [-0.15, -0.1) is 24.8 Å². The van der Waals surface area contributed by atoms with Gasteiger partial charge in [-0.25, -0.2) is 4.39 Å². The number of amides is 1. The van der Waals surface area contributed by atoms with Gasteiger partial charge in [-0.05, 0) is 37.7 Å². The third-order valence-electron chi connectivity index (χ3n) is 2.79. The number of hydrogen-bond donors (Lipinski definition) is 2. The molecule has 0 bridgehead atoms. The van der Waals surface area contributed by atoms with Crippen LogP contribution in [0.4, 0.5) is 4.39 Å². The Hall–Kier alpha value is -0.880. The van der Waals surface area contributed by atoms with Gasteiger partial charge in [0.2, 0.25) is 5.91 Å². The summed E-state index contributed by atoms with van der Waals surface area (Å²) in [5, 5.41) is 2.85. The molecule has 0 aliphatic carbocycles. The molecule has 1 rings (SSSR count). The molecule has 0 radical (unpaired) electrons. The van der Waals surface area contributed by atoms with Crippen molar-refractivity contribution in [3.8, 4) is 0 Å². The van der Waals surface area contributed by atoms with E-state index >= 15 is 0 Å². The first-order valence-corrected chi connectivity index (χ1v) is 6.51. The first-order valence-electron chi connectivity index (χ1n) is 6.51. The van der Waals surface area contributed by atoms with Crippen molar-refractivity contribution in [2.75, 3.05) is 26.7 Å². The molecule has 0 aliphatic heterocycles. The number of nitrogens with two attached hydrogens (primary N) is 1. The molecule has 0 unspecified atom stereocenters. The summed E-state index contributed by atoms with van der Waals surface area (Å²) in [6.45, 7) is 2.64. The number of nitrogens with zero attached hydrogens (tertiary/aromatic N) is 1. The molecular formula is C14H24Cl2FN3O. The Morgan fingerprint density at radius 1 is 1.29 bits per heavy atom. The van der Waals surface area contributed by atoms with Crippen molar-refractivity contribution in [3.63, 3.8) is 0 Å². The molecule has 21 heavy (non-hydrogen) atoms. The molecule has 0 aromatic heterocycles. The average molecular weight is 340 g/mol. The van der Waals surface area contributed by atoms with Gasteiger partial charge < -0.3 is 16.0 Å². The number of benzene rings is 1. The second kappa shape index (κ2) is 12.8. The van der Waals surface area contributed by atoms with Crippen molar-refractivity contribution in [2.24, 2.45) is 5.73 Å². The maximum absolute atomic E-state index is 12.7. The molecule has 1 aromatic rings. The van der Waals surface area contributed by atoms with E-state index in [9.17, 15) is 9.18 Å². The summed E-state index contributed by atoms with van der Waals surface area (Å²) in [4.78, 5) is 13.4. The van der Waals surface area contributed by atoms with E-state index < -0.39 is 0 Å². The van der Waals surface area contributed by atoms with Crippen LogP contribution in [0.15, 0.2) is 24.3 Å². The smallest absolute Gasteiger partial charge is 0.220 e. The summed E-state index contributed by atoms with van der Waals surface area (Å²) in [7, 11) is 1.97. The van der Waals surface area contributed by atoms with Crippen molar-refractivity contribution in [2.45, 2.75) is 19.4 Å². The Bertz CT molecular complexity index is 390. The highest BCUT2D eigenvalue weighted by molar-refractivity contribution is 5.85. The third kappa shape index (κ3) is 10.5. The van der Waals surface area contributed by atoms with E-state index in [2.05, 4.69) is 10.2 Å². The van der Waals surface area contributed by atoms with Gasteiger partial charge in [0.25, 0.3) is 0 Å². The SMILES string of the molecule is CN(CCNC(=O)CCCN)Cc1ccc(F)cc1.Cl.Cl. The number of nitrogens with one attached hydrogen (secondary N) is 1. The molecule has 4 nitrogen and oxygen atoms in total. The van der Waals surface area contributed by atoms with Crippen LogP contribution in [0.1, 0.15) is 18.4 Å². The molecule has 122 valence electrons. The first-order chi connectivity index (χ1) is 9.11. The van der Waals surface area contributed by atoms with Crippen molar-refractivity contribution in [1.29, 1.82) is 0 Å². The van der Waals surface area contributed by atoms with Crippen molar-refractivity contribution in [1.82, 2.24) is 10.2 Å². The Morgan fingerprint density at radius 3 is 2.48 bits per heavy atom. The van der Waals surface area contributed by atoms with E-state index in [0.29, 0.717) is 19.5 Å². The van der Waals surface area contributed by atoms with Gasteiger partial charge in [0.1, 0.15) is 5.82 Å². The zero-order valence-electron chi connectivity index (χ0n) is 12.2. The van der Waals surface area contributed by atoms with E-state index in [-0.39, 0.29) is 36.5 Å². The van der Waals surface area contributed by atoms with Crippen LogP contribution in [0.2, 0.25) is 0 Å². The van der Waals surface area contributed by atoms with Gasteiger partial charge in [-0.3, -0.25) is 4.79 Å².